The van der Waals surface area contributed by atoms with Crippen molar-refractivity contribution >= 4 is 0 Å². The van der Waals surface area contributed by atoms with Crippen molar-refractivity contribution in [1.29, 1.82) is 0 Å². The van der Waals surface area contributed by atoms with Crippen LogP contribution in [0.25, 0.3) is 0 Å². The van der Waals surface area contributed by atoms with Crippen LogP contribution in [-0.2, 0) is 4.74 Å². The van der Waals surface area contributed by atoms with Gasteiger partial charge in [0.15, 0.2) is 0 Å². The molecule has 3 atom stereocenters. The number of hydrogen-bond acceptors (Lipinski definition) is 1. The van der Waals surface area contributed by atoms with Crippen molar-refractivity contribution in [3.63, 3.8) is 0 Å². The molecule has 0 N–H and O–H groups in total. The first-order valence-electron chi connectivity index (χ1n) is 7.27. The summed E-state index contributed by atoms with van der Waals surface area (Å²) in [5, 5.41) is 0. The van der Waals surface area contributed by atoms with Crippen LogP contribution in [0.15, 0.2) is 12.2 Å². The molecule has 2 aliphatic carbocycles. The maximum atomic E-state index is 13.4. The van der Waals surface area contributed by atoms with Crippen LogP contribution in [0, 0.1) is 17.8 Å². The minimum absolute atomic E-state index is 0.101. The standard InChI is InChI=1S/C15H20F6O/c1-12(2,3)22-13(14(16,17)18,15(19,20)21)8-11-7-9-4-5-10(11)6-9/h4-5,9-11H,6-8H2,1-3H3. The molecule has 128 valence electrons. The van der Waals surface area contributed by atoms with Crippen LogP contribution < -0.4 is 0 Å². The molecule has 1 saturated carbocycles. The summed E-state index contributed by atoms with van der Waals surface area (Å²) in [5.41, 5.74) is -5.67. The fraction of sp³-hybridized carbons (Fsp3) is 0.867. The molecule has 2 aliphatic rings. The normalized spacial score (nSPS) is 29.4. The number of allylic oxidation sites excluding steroid dienone is 2. The van der Waals surface area contributed by atoms with Gasteiger partial charge in [0.25, 0.3) is 5.60 Å². The van der Waals surface area contributed by atoms with Crippen molar-refractivity contribution in [3.8, 4) is 0 Å². The Morgan fingerprint density at radius 2 is 1.45 bits per heavy atom. The third-order valence-electron chi connectivity index (χ3n) is 4.36. The molecule has 2 rings (SSSR count). The summed E-state index contributed by atoms with van der Waals surface area (Å²) < 4.78 is 85.3. The third-order valence-corrected chi connectivity index (χ3v) is 4.36. The molecule has 1 fully saturated rings. The van der Waals surface area contributed by atoms with Gasteiger partial charge in [-0.15, -0.1) is 0 Å². The lowest BCUT2D eigenvalue weighted by Crippen LogP contribution is -2.62. The molecule has 0 heterocycles. The van der Waals surface area contributed by atoms with Gasteiger partial charge < -0.3 is 4.74 Å². The number of rotatable bonds is 3. The monoisotopic (exact) mass is 330 g/mol. The smallest absolute Gasteiger partial charge is 0.352 e. The van der Waals surface area contributed by atoms with Gasteiger partial charge in [-0.25, -0.2) is 0 Å². The average molecular weight is 330 g/mol. The van der Waals surface area contributed by atoms with Crippen molar-refractivity contribution in [2.45, 2.75) is 63.6 Å². The first-order chi connectivity index (χ1) is 9.75. The van der Waals surface area contributed by atoms with E-state index >= 15 is 0 Å². The number of halogens is 6. The predicted molar refractivity (Wildman–Crippen MR) is 69.1 cm³/mol. The molecule has 0 saturated heterocycles. The van der Waals surface area contributed by atoms with Crippen molar-refractivity contribution in [2.24, 2.45) is 17.8 Å². The fourth-order valence-corrected chi connectivity index (χ4v) is 3.57. The van der Waals surface area contributed by atoms with E-state index in [9.17, 15) is 26.3 Å². The Labute approximate surface area is 125 Å². The van der Waals surface area contributed by atoms with Crippen LogP contribution in [0.4, 0.5) is 26.3 Å². The van der Waals surface area contributed by atoms with Crippen LogP contribution >= 0.6 is 0 Å². The average Bonchev–Trinajstić information content (AvgIpc) is 2.84. The van der Waals surface area contributed by atoms with E-state index in [2.05, 4.69) is 4.74 Å². The highest BCUT2D eigenvalue weighted by molar-refractivity contribution is 5.12. The van der Waals surface area contributed by atoms with E-state index < -0.39 is 35.9 Å². The topological polar surface area (TPSA) is 9.23 Å². The Kier molecular flexibility index (Phi) is 4.12. The summed E-state index contributed by atoms with van der Waals surface area (Å²) in [6.07, 6.45) is -7.45. The van der Waals surface area contributed by atoms with Gasteiger partial charge in [0.05, 0.1) is 5.60 Å². The Morgan fingerprint density at radius 1 is 0.909 bits per heavy atom. The van der Waals surface area contributed by atoms with Gasteiger partial charge in [0.2, 0.25) is 0 Å². The molecule has 2 bridgehead atoms. The molecule has 3 unspecified atom stereocenters. The van der Waals surface area contributed by atoms with Crippen molar-refractivity contribution in [2.75, 3.05) is 0 Å². The second-order valence-electron chi connectivity index (χ2n) is 7.28. The molecule has 22 heavy (non-hydrogen) atoms. The van der Waals surface area contributed by atoms with E-state index in [1.165, 1.54) is 20.8 Å². The highest BCUT2D eigenvalue weighted by atomic mass is 19.4. The molecule has 0 aromatic heterocycles. The number of hydrogen-bond donors (Lipinski definition) is 0. The maximum absolute atomic E-state index is 13.4. The lowest BCUT2D eigenvalue weighted by atomic mass is 9.81. The highest BCUT2D eigenvalue weighted by Gasteiger charge is 2.73. The fourth-order valence-electron chi connectivity index (χ4n) is 3.57. The second-order valence-corrected chi connectivity index (χ2v) is 7.28. The van der Waals surface area contributed by atoms with Gasteiger partial charge in [-0.2, -0.15) is 26.3 Å². The molecular formula is C15H20F6O. The van der Waals surface area contributed by atoms with Gasteiger partial charge >= 0.3 is 12.4 Å². The SMILES string of the molecule is CC(C)(C)OC(CC1CC2C=CC1C2)(C(F)(F)F)C(F)(F)F. The molecule has 1 nitrogen and oxygen atoms in total. The van der Waals surface area contributed by atoms with Crippen molar-refractivity contribution in [3.05, 3.63) is 12.2 Å². The number of alkyl halides is 6. The zero-order valence-corrected chi connectivity index (χ0v) is 12.7. The van der Waals surface area contributed by atoms with E-state index in [0.717, 1.165) is 0 Å². The first-order valence-corrected chi connectivity index (χ1v) is 7.27. The lowest BCUT2D eigenvalue weighted by Gasteiger charge is -2.43. The highest BCUT2D eigenvalue weighted by Crippen LogP contribution is 2.55. The van der Waals surface area contributed by atoms with Gasteiger partial charge in [0.1, 0.15) is 0 Å². The Balaban J connectivity index is 2.37. The molecule has 0 amide bonds. The van der Waals surface area contributed by atoms with Crippen LogP contribution in [0.2, 0.25) is 0 Å². The second kappa shape index (κ2) is 5.14. The molecule has 0 aromatic rings. The van der Waals surface area contributed by atoms with Crippen LogP contribution in [0.1, 0.15) is 40.0 Å². The van der Waals surface area contributed by atoms with E-state index in [0.29, 0.717) is 12.8 Å². The van der Waals surface area contributed by atoms with E-state index in [1.807, 2.05) is 6.08 Å². The molecule has 0 aliphatic heterocycles. The van der Waals surface area contributed by atoms with Gasteiger partial charge in [-0.3, -0.25) is 0 Å². The van der Waals surface area contributed by atoms with Gasteiger partial charge in [-0.05, 0) is 57.8 Å². The molecular weight excluding hydrogens is 310 g/mol. The van der Waals surface area contributed by atoms with Gasteiger partial charge in [-0.1, -0.05) is 12.2 Å². The van der Waals surface area contributed by atoms with Crippen LogP contribution in [0.3, 0.4) is 0 Å². The summed E-state index contributed by atoms with van der Waals surface area (Å²) in [6, 6.07) is 0. The summed E-state index contributed by atoms with van der Waals surface area (Å²) >= 11 is 0. The van der Waals surface area contributed by atoms with E-state index in [1.54, 1.807) is 6.08 Å². The minimum atomic E-state index is -5.51. The lowest BCUT2D eigenvalue weighted by molar-refractivity contribution is -0.403. The Morgan fingerprint density at radius 3 is 1.77 bits per heavy atom. The largest absolute Gasteiger partial charge is 0.426 e. The number of ether oxygens (including phenoxy) is 1. The summed E-state index contributed by atoms with van der Waals surface area (Å²) in [5.74, 6) is -0.762. The number of fused-ring (bicyclic) bond motifs is 2. The van der Waals surface area contributed by atoms with E-state index in [-0.39, 0.29) is 11.8 Å². The summed E-state index contributed by atoms with van der Waals surface area (Å²) in [7, 11) is 0. The quantitative estimate of drug-likeness (QED) is 0.506. The zero-order valence-electron chi connectivity index (χ0n) is 12.7. The van der Waals surface area contributed by atoms with Crippen LogP contribution in [-0.4, -0.2) is 23.6 Å². The minimum Gasteiger partial charge on any atom is -0.352 e. The third kappa shape index (κ3) is 3.14. The molecule has 0 spiro atoms. The first kappa shape index (κ1) is 17.6. The van der Waals surface area contributed by atoms with Gasteiger partial charge in [0, 0.05) is 0 Å². The summed E-state index contributed by atoms with van der Waals surface area (Å²) in [4.78, 5) is 0. The molecule has 0 aromatic carbocycles. The predicted octanol–water partition coefficient (Wildman–Crippen LogP) is 5.27. The zero-order chi connectivity index (χ0) is 17.0. The molecule has 7 heteroatoms. The van der Waals surface area contributed by atoms with Crippen LogP contribution in [0.5, 0.6) is 0 Å². The summed E-state index contributed by atoms with van der Waals surface area (Å²) in [6.45, 7) is 3.62. The molecule has 0 radical (unpaired) electrons. The maximum Gasteiger partial charge on any atom is 0.426 e. The van der Waals surface area contributed by atoms with E-state index in [4.69, 9.17) is 0 Å². The van der Waals surface area contributed by atoms with Crippen molar-refractivity contribution in [1.82, 2.24) is 0 Å². The Hall–Kier alpha value is -0.720. The Bertz CT molecular complexity index is 428. The van der Waals surface area contributed by atoms with Crippen molar-refractivity contribution < 1.29 is 31.1 Å².